The van der Waals surface area contributed by atoms with Crippen LogP contribution in [0.3, 0.4) is 0 Å². The fourth-order valence-corrected chi connectivity index (χ4v) is 3.91. The van der Waals surface area contributed by atoms with Crippen molar-refractivity contribution in [3.8, 4) is 0 Å². The Morgan fingerprint density at radius 1 is 1.08 bits per heavy atom. The molecule has 0 aliphatic carbocycles. The predicted molar refractivity (Wildman–Crippen MR) is 90.9 cm³/mol. The van der Waals surface area contributed by atoms with E-state index in [1.165, 1.54) is 0 Å². The second-order valence-electron chi connectivity index (χ2n) is 7.79. The summed E-state index contributed by atoms with van der Waals surface area (Å²) in [5.41, 5.74) is -2.95. The minimum atomic E-state index is -4.68. The first-order valence-electron chi connectivity index (χ1n) is 7.86. The average molecular weight is 395 g/mol. The molecule has 0 aromatic heterocycles. The van der Waals surface area contributed by atoms with Gasteiger partial charge < -0.3 is 4.74 Å². The van der Waals surface area contributed by atoms with Crippen molar-refractivity contribution in [2.75, 3.05) is 6.54 Å². The Morgan fingerprint density at radius 3 is 2.04 bits per heavy atom. The number of hydrogen-bond acceptors (Lipinski definition) is 4. The molecule has 0 aliphatic rings. The number of ether oxygens (including phenoxy) is 1. The fraction of sp³-hybridized carbons (Fsp3) is 0.588. The maximum absolute atomic E-state index is 12.9. The maximum Gasteiger partial charge on any atom is 0.416 e. The summed E-state index contributed by atoms with van der Waals surface area (Å²) in [5.74, 6) is -0.789. The maximum atomic E-state index is 12.9. The number of esters is 1. The molecule has 0 unspecified atom stereocenters. The number of carbonyl (C=O) groups is 1. The summed E-state index contributed by atoms with van der Waals surface area (Å²) in [5, 5.41) is 0. The zero-order valence-corrected chi connectivity index (χ0v) is 16.5. The van der Waals surface area contributed by atoms with Crippen LogP contribution in [0.15, 0.2) is 29.2 Å². The lowest BCUT2D eigenvalue weighted by Crippen LogP contribution is -2.49. The van der Waals surface area contributed by atoms with Crippen molar-refractivity contribution in [1.82, 2.24) is 4.31 Å². The summed E-state index contributed by atoms with van der Waals surface area (Å²) in [6, 6.07) is 3.43. The molecule has 5 nitrogen and oxygen atoms in total. The minimum absolute atomic E-state index is 0.536. The highest BCUT2D eigenvalue weighted by molar-refractivity contribution is 7.89. The van der Waals surface area contributed by atoms with E-state index in [9.17, 15) is 26.4 Å². The van der Waals surface area contributed by atoms with Crippen molar-refractivity contribution in [3.05, 3.63) is 29.8 Å². The molecule has 0 saturated heterocycles. The van der Waals surface area contributed by atoms with Crippen LogP contribution in [0, 0.1) is 0 Å². The molecule has 0 aliphatic heterocycles. The first-order chi connectivity index (χ1) is 11.4. The molecule has 0 bridgehead atoms. The lowest BCUT2D eigenvalue weighted by Gasteiger charge is -2.34. The second-order valence-corrected chi connectivity index (χ2v) is 9.66. The van der Waals surface area contributed by atoms with Crippen LogP contribution in [0.4, 0.5) is 13.2 Å². The Labute approximate surface area is 152 Å². The van der Waals surface area contributed by atoms with Gasteiger partial charge in [0.25, 0.3) is 0 Å². The van der Waals surface area contributed by atoms with E-state index in [2.05, 4.69) is 0 Å². The van der Waals surface area contributed by atoms with E-state index in [0.717, 1.165) is 22.5 Å². The highest BCUT2D eigenvalue weighted by Crippen LogP contribution is 2.32. The summed E-state index contributed by atoms with van der Waals surface area (Å²) < 4.78 is 70.5. The van der Waals surface area contributed by atoms with Crippen molar-refractivity contribution in [1.29, 1.82) is 0 Å². The monoisotopic (exact) mass is 395 g/mol. The Hall–Kier alpha value is -1.61. The lowest BCUT2D eigenvalue weighted by atomic mass is 10.1. The van der Waals surface area contributed by atoms with E-state index in [4.69, 9.17) is 4.74 Å². The number of rotatable bonds is 4. The smallest absolute Gasteiger partial charge is 0.416 e. The number of benzene rings is 1. The number of alkyl halides is 3. The van der Waals surface area contributed by atoms with Gasteiger partial charge in [-0.3, -0.25) is 4.79 Å². The zero-order valence-electron chi connectivity index (χ0n) is 15.6. The molecule has 0 heterocycles. The molecule has 0 amide bonds. The van der Waals surface area contributed by atoms with E-state index in [-0.39, 0.29) is 0 Å². The zero-order chi connectivity index (χ0) is 20.6. The minimum Gasteiger partial charge on any atom is -0.459 e. The van der Waals surface area contributed by atoms with E-state index >= 15 is 0 Å². The number of sulfonamides is 1. The number of hydrogen-bond donors (Lipinski definition) is 0. The van der Waals surface area contributed by atoms with E-state index in [1.54, 1.807) is 41.5 Å². The van der Waals surface area contributed by atoms with Crippen LogP contribution in [-0.2, 0) is 25.7 Å². The Morgan fingerprint density at radius 2 is 1.62 bits per heavy atom. The summed E-state index contributed by atoms with van der Waals surface area (Å²) in [7, 11) is -4.36. The van der Waals surface area contributed by atoms with Crippen LogP contribution in [0.5, 0.6) is 0 Å². The third-order valence-corrected chi connectivity index (χ3v) is 5.30. The molecule has 9 heteroatoms. The van der Waals surface area contributed by atoms with Crippen molar-refractivity contribution < 1.29 is 31.1 Å². The molecule has 1 rings (SSSR count). The van der Waals surface area contributed by atoms with E-state index in [0.29, 0.717) is 6.07 Å². The normalized spacial score (nSPS) is 13.8. The SMILES string of the molecule is CC(C)(C)OC(=O)CN(C(C)(C)C)S(=O)(=O)c1cccc(C(F)(F)F)c1. The molecule has 0 radical (unpaired) electrons. The summed E-state index contributed by atoms with van der Waals surface area (Å²) in [6.07, 6.45) is -4.68. The molecule has 1 aromatic rings. The largest absolute Gasteiger partial charge is 0.459 e. The lowest BCUT2D eigenvalue weighted by molar-refractivity contribution is -0.155. The van der Waals surface area contributed by atoms with Crippen LogP contribution < -0.4 is 0 Å². The Bertz CT molecular complexity index is 759. The quantitative estimate of drug-likeness (QED) is 0.727. The topological polar surface area (TPSA) is 63.7 Å². The van der Waals surface area contributed by atoms with Crippen LogP contribution in [0.1, 0.15) is 47.1 Å². The molecule has 0 atom stereocenters. The van der Waals surface area contributed by atoms with Gasteiger partial charge in [0, 0.05) is 5.54 Å². The molecule has 148 valence electrons. The molecule has 26 heavy (non-hydrogen) atoms. The third-order valence-electron chi connectivity index (χ3n) is 3.19. The van der Waals surface area contributed by atoms with Gasteiger partial charge in [0.2, 0.25) is 10.0 Å². The van der Waals surface area contributed by atoms with Gasteiger partial charge >= 0.3 is 12.1 Å². The van der Waals surface area contributed by atoms with Crippen LogP contribution in [0.2, 0.25) is 0 Å². The van der Waals surface area contributed by atoms with Gasteiger partial charge in [0.05, 0.1) is 10.5 Å². The van der Waals surface area contributed by atoms with Crippen LogP contribution in [-0.4, -0.2) is 36.4 Å². The third kappa shape index (κ3) is 5.98. The van der Waals surface area contributed by atoms with Gasteiger partial charge in [-0.05, 0) is 59.7 Å². The Kier molecular flexibility index (Phi) is 6.20. The van der Waals surface area contributed by atoms with Gasteiger partial charge in [-0.1, -0.05) is 6.07 Å². The van der Waals surface area contributed by atoms with E-state index in [1.807, 2.05) is 0 Å². The fourth-order valence-electron chi connectivity index (χ4n) is 2.13. The van der Waals surface area contributed by atoms with Gasteiger partial charge in [0.1, 0.15) is 12.1 Å². The van der Waals surface area contributed by atoms with Gasteiger partial charge in [-0.15, -0.1) is 0 Å². The predicted octanol–water partition coefficient (Wildman–Crippen LogP) is 3.84. The number of carbonyl (C=O) groups excluding carboxylic acids is 1. The molecular formula is C17H24F3NO4S. The highest BCUT2D eigenvalue weighted by atomic mass is 32.2. The standard InChI is InChI=1S/C17H24F3NO4S/c1-15(2,3)21(11-14(22)25-16(4,5)6)26(23,24)13-9-7-8-12(10-13)17(18,19)20/h7-10H,11H2,1-6H3. The number of halogens is 3. The molecule has 1 aromatic carbocycles. The van der Waals surface area contributed by atoms with Crippen molar-refractivity contribution in [2.45, 2.75) is 63.8 Å². The number of nitrogens with zero attached hydrogens (tertiary/aromatic N) is 1. The van der Waals surface area contributed by atoms with Crippen LogP contribution in [0.25, 0.3) is 0 Å². The van der Waals surface area contributed by atoms with Gasteiger partial charge in [0.15, 0.2) is 0 Å². The molecular weight excluding hydrogens is 371 g/mol. The molecule has 0 fully saturated rings. The first-order valence-corrected chi connectivity index (χ1v) is 9.30. The van der Waals surface area contributed by atoms with Crippen LogP contribution >= 0.6 is 0 Å². The average Bonchev–Trinajstić information content (AvgIpc) is 2.41. The summed E-state index contributed by atoms with van der Waals surface area (Å²) in [6.45, 7) is 8.92. The van der Waals surface area contributed by atoms with Crippen molar-refractivity contribution in [3.63, 3.8) is 0 Å². The highest BCUT2D eigenvalue weighted by Gasteiger charge is 2.38. The Balaban J connectivity index is 3.32. The van der Waals surface area contributed by atoms with Crippen molar-refractivity contribution >= 4 is 16.0 Å². The van der Waals surface area contributed by atoms with Crippen molar-refractivity contribution in [2.24, 2.45) is 0 Å². The molecule has 0 N–H and O–H groups in total. The molecule has 0 saturated carbocycles. The van der Waals surface area contributed by atoms with Gasteiger partial charge in [-0.25, -0.2) is 8.42 Å². The van der Waals surface area contributed by atoms with E-state index < -0.39 is 50.3 Å². The molecule has 0 spiro atoms. The summed E-state index contributed by atoms with van der Waals surface area (Å²) in [4.78, 5) is 11.6. The second kappa shape index (κ2) is 7.19. The van der Waals surface area contributed by atoms with Gasteiger partial charge in [-0.2, -0.15) is 17.5 Å². The summed E-state index contributed by atoms with van der Waals surface area (Å²) >= 11 is 0. The first kappa shape index (κ1) is 22.4.